The molecule has 0 saturated heterocycles. The van der Waals surface area contributed by atoms with Crippen LogP contribution in [0.4, 0.5) is 17.2 Å². The molecule has 1 heterocycles. The number of aryl methyl sites for hydroxylation is 1. The van der Waals surface area contributed by atoms with Crippen LogP contribution in [0.2, 0.25) is 0 Å². The van der Waals surface area contributed by atoms with E-state index in [1.54, 1.807) is 36.4 Å². The van der Waals surface area contributed by atoms with Crippen molar-refractivity contribution in [1.82, 2.24) is 9.97 Å². The van der Waals surface area contributed by atoms with Gasteiger partial charge in [0.2, 0.25) is 0 Å². The Balaban J connectivity index is 1.78. The number of nitrogens with zero attached hydrogens (tertiary/aromatic N) is 3. The lowest BCUT2D eigenvalue weighted by molar-refractivity contribution is 0.101. The average Bonchev–Trinajstić information content (AvgIpc) is 2.77. The smallest absolute Gasteiger partial charge is 0.278 e. The Bertz CT molecular complexity index is 1170. The first-order valence-corrected chi connectivity index (χ1v) is 9.72. The van der Waals surface area contributed by atoms with Crippen molar-refractivity contribution < 1.29 is 9.59 Å². The highest BCUT2D eigenvalue weighted by molar-refractivity contribution is 6.07. The van der Waals surface area contributed by atoms with Crippen LogP contribution in [0.3, 0.4) is 0 Å². The van der Waals surface area contributed by atoms with Crippen molar-refractivity contribution in [2.24, 2.45) is 0 Å². The van der Waals surface area contributed by atoms with Crippen molar-refractivity contribution in [3.05, 3.63) is 77.2 Å². The summed E-state index contributed by atoms with van der Waals surface area (Å²) in [6.07, 6.45) is 3.46. The minimum Gasteiger partial charge on any atom is -0.382 e. The summed E-state index contributed by atoms with van der Waals surface area (Å²) in [6.45, 7) is 3.76. The molecule has 8 heteroatoms. The van der Waals surface area contributed by atoms with Crippen LogP contribution in [0.25, 0.3) is 0 Å². The van der Waals surface area contributed by atoms with E-state index in [0.29, 0.717) is 23.4 Å². The molecule has 2 aromatic carbocycles. The Morgan fingerprint density at radius 3 is 2.58 bits per heavy atom. The van der Waals surface area contributed by atoms with Crippen molar-refractivity contribution in [3.63, 3.8) is 0 Å². The Labute approximate surface area is 180 Å². The second-order valence-corrected chi connectivity index (χ2v) is 6.94. The van der Waals surface area contributed by atoms with Gasteiger partial charge in [-0.15, -0.1) is 0 Å². The van der Waals surface area contributed by atoms with E-state index in [2.05, 4.69) is 26.7 Å². The molecule has 0 saturated carbocycles. The number of nitriles is 1. The summed E-state index contributed by atoms with van der Waals surface area (Å²) in [5.41, 5.74) is 8.81. The molecule has 0 fully saturated rings. The molecule has 8 nitrogen and oxygen atoms in total. The van der Waals surface area contributed by atoms with Gasteiger partial charge >= 0.3 is 0 Å². The van der Waals surface area contributed by atoms with Crippen LogP contribution in [0.15, 0.2) is 54.9 Å². The summed E-state index contributed by atoms with van der Waals surface area (Å²) in [4.78, 5) is 33.0. The van der Waals surface area contributed by atoms with Gasteiger partial charge in [-0.3, -0.25) is 9.59 Å². The zero-order chi connectivity index (χ0) is 22.4. The van der Waals surface area contributed by atoms with E-state index < -0.39 is 5.91 Å². The summed E-state index contributed by atoms with van der Waals surface area (Å²) >= 11 is 0. The molecule has 0 radical (unpaired) electrons. The van der Waals surface area contributed by atoms with Gasteiger partial charge in [0.1, 0.15) is 0 Å². The number of aromatic nitrogens is 2. The molecule has 0 aliphatic rings. The van der Waals surface area contributed by atoms with Crippen LogP contribution in [-0.4, -0.2) is 21.8 Å². The SMILES string of the molecule is CCC(C#N)c1cccc(C(=O)Nc2ccc(C)c(NC(=O)c3nccnc3N)c2)c1. The number of benzene rings is 2. The highest BCUT2D eigenvalue weighted by Gasteiger charge is 2.15. The van der Waals surface area contributed by atoms with Gasteiger partial charge in [0, 0.05) is 29.3 Å². The number of nitrogens with two attached hydrogens (primary N) is 1. The molecular weight excluding hydrogens is 392 g/mol. The third-order valence-corrected chi connectivity index (χ3v) is 4.80. The molecule has 2 amide bonds. The summed E-state index contributed by atoms with van der Waals surface area (Å²) < 4.78 is 0. The van der Waals surface area contributed by atoms with Gasteiger partial charge in [-0.2, -0.15) is 5.26 Å². The minimum atomic E-state index is -0.494. The van der Waals surface area contributed by atoms with Gasteiger partial charge < -0.3 is 16.4 Å². The molecule has 156 valence electrons. The van der Waals surface area contributed by atoms with Crippen LogP contribution < -0.4 is 16.4 Å². The molecule has 1 unspecified atom stereocenters. The van der Waals surface area contributed by atoms with Crippen LogP contribution >= 0.6 is 0 Å². The minimum absolute atomic E-state index is 0.0242. The number of hydrogen-bond acceptors (Lipinski definition) is 6. The van der Waals surface area contributed by atoms with Crippen molar-refractivity contribution in [2.75, 3.05) is 16.4 Å². The summed E-state index contributed by atoms with van der Waals surface area (Å²) in [6, 6.07) is 14.4. The number of amides is 2. The largest absolute Gasteiger partial charge is 0.382 e. The van der Waals surface area contributed by atoms with E-state index in [0.717, 1.165) is 11.1 Å². The Morgan fingerprint density at radius 2 is 1.87 bits per heavy atom. The molecular formula is C23H22N6O2. The fourth-order valence-electron chi connectivity index (χ4n) is 3.04. The van der Waals surface area contributed by atoms with Gasteiger partial charge in [0.25, 0.3) is 11.8 Å². The third-order valence-electron chi connectivity index (χ3n) is 4.80. The van der Waals surface area contributed by atoms with E-state index in [4.69, 9.17) is 5.73 Å². The number of nitrogens with one attached hydrogen (secondary N) is 2. The monoisotopic (exact) mass is 414 g/mol. The lowest BCUT2D eigenvalue weighted by atomic mass is 9.96. The second-order valence-electron chi connectivity index (χ2n) is 6.94. The summed E-state index contributed by atoms with van der Waals surface area (Å²) in [5, 5.41) is 14.8. The van der Waals surface area contributed by atoms with Crippen LogP contribution in [0.5, 0.6) is 0 Å². The molecule has 4 N–H and O–H groups in total. The normalized spacial score (nSPS) is 11.3. The lowest BCUT2D eigenvalue weighted by Gasteiger charge is -2.13. The maximum atomic E-state index is 12.7. The van der Waals surface area contributed by atoms with Crippen molar-refractivity contribution in [2.45, 2.75) is 26.2 Å². The number of carbonyl (C=O) groups is 2. The molecule has 0 spiro atoms. The molecule has 0 bridgehead atoms. The molecule has 0 aliphatic heterocycles. The van der Waals surface area contributed by atoms with Crippen LogP contribution in [-0.2, 0) is 0 Å². The number of nitrogen functional groups attached to an aromatic ring is 1. The van der Waals surface area contributed by atoms with E-state index in [-0.39, 0.29) is 23.3 Å². The third kappa shape index (κ3) is 5.03. The van der Waals surface area contributed by atoms with Gasteiger partial charge in [-0.1, -0.05) is 25.1 Å². The average molecular weight is 414 g/mol. The highest BCUT2D eigenvalue weighted by Crippen LogP contribution is 2.23. The summed E-state index contributed by atoms with van der Waals surface area (Å²) in [5.74, 6) is -1.03. The van der Waals surface area contributed by atoms with Gasteiger partial charge in [-0.05, 0) is 48.7 Å². The maximum absolute atomic E-state index is 12.7. The molecule has 1 aromatic heterocycles. The maximum Gasteiger partial charge on any atom is 0.278 e. The van der Waals surface area contributed by atoms with E-state index in [9.17, 15) is 14.9 Å². The summed E-state index contributed by atoms with van der Waals surface area (Å²) in [7, 11) is 0. The second kappa shape index (κ2) is 9.50. The predicted molar refractivity (Wildman–Crippen MR) is 119 cm³/mol. The number of carbonyl (C=O) groups excluding carboxylic acids is 2. The zero-order valence-corrected chi connectivity index (χ0v) is 17.2. The zero-order valence-electron chi connectivity index (χ0n) is 17.2. The predicted octanol–water partition coefficient (Wildman–Crippen LogP) is 3.89. The van der Waals surface area contributed by atoms with Gasteiger partial charge in [0.05, 0.1) is 12.0 Å². The molecule has 3 rings (SSSR count). The van der Waals surface area contributed by atoms with Gasteiger partial charge in [-0.25, -0.2) is 9.97 Å². The molecule has 3 aromatic rings. The van der Waals surface area contributed by atoms with Gasteiger partial charge in [0.15, 0.2) is 11.5 Å². The number of rotatable bonds is 6. The fraction of sp³-hybridized carbons (Fsp3) is 0.174. The van der Waals surface area contributed by atoms with Crippen molar-refractivity contribution >= 4 is 29.0 Å². The first-order chi connectivity index (χ1) is 14.9. The van der Waals surface area contributed by atoms with Crippen LogP contribution in [0.1, 0.15) is 51.2 Å². The van der Waals surface area contributed by atoms with Crippen molar-refractivity contribution in [1.29, 1.82) is 5.26 Å². The number of anilines is 3. The van der Waals surface area contributed by atoms with Crippen LogP contribution in [0, 0.1) is 18.3 Å². The van der Waals surface area contributed by atoms with E-state index >= 15 is 0 Å². The Kier molecular flexibility index (Phi) is 6.58. The molecule has 0 aliphatic carbocycles. The Hall–Kier alpha value is -4.25. The first-order valence-electron chi connectivity index (χ1n) is 9.72. The fourth-order valence-corrected chi connectivity index (χ4v) is 3.04. The number of hydrogen-bond donors (Lipinski definition) is 3. The molecule has 1 atom stereocenters. The van der Waals surface area contributed by atoms with E-state index in [1.807, 2.05) is 19.9 Å². The quantitative estimate of drug-likeness (QED) is 0.560. The Morgan fingerprint density at radius 1 is 1.10 bits per heavy atom. The topological polar surface area (TPSA) is 134 Å². The van der Waals surface area contributed by atoms with E-state index in [1.165, 1.54) is 12.4 Å². The molecule has 31 heavy (non-hydrogen) atoms. The highest BCUT2D eigenvalue weighted by atomic mass is 16.2. The first kappa shape index (κ1) is 21.5. The lowest BCUT2D eigenvalue weighted by Crippen LogP contribution is -2.18. The van der Waals surface area contributed by atoms with Crippen molar-refractivity contribution in [3.8, 4) is 6.07 Å². The standard InChI is InChI=1S/C23H22N6O2/c1-3-15(13-24)16-5-4-6-17(11-16)22(30)28-18-8-7-14(2)19(12-18)29-23(31)20-21(25)27-10-9-26-20/h4-12,15H,3H2,1-2H3,(H2,25,27)(H,28,30)(H,29,31).